The van der Waals surface area contributed by atoms with Crippen molar-refractivity contribution in [3.8, 4) is 0 Å². The van der Waals surface area contributed by atoms with E-state index in [2.05, 4.69) is 6.92 Å². The third-order valence-electron chi connectivity index (χ3n) is 3.83. The molecule has 1 N–H and O–H groups in total. The molecule has 5 heteroatoms. The van der Waals surface area contributed by atoms with E-state index >= 15 is 0 Å². The van der Waals surface area contributed by atoms with E-state index in [9.17, 15) is 9.59 Å². The topological polar surface area (TPSA) is 57.6 Å². The molecule has 1 radical (unpaired) electrons. The predicted molar refractivity (Wildman–Crippen MR) is 87.5 cm³/mol. The number of carbonyl (C=O) groups is 2. The number of carboxylic acid groups (broad SMARTS) is 1. The van der Waals surface area contributed by atoms with Crippen LogP contribution >= 0.6 is 0 Å². The molecule has 0 spiro atoms. The molecule has 119 valence electrons. The minimum absolute atomic E-state index is 0. The first kappa shape index (κ1) is 23.8. The Morgan fingerprint density at radius 2 is 1.38 bits per heavy atom. The van der Waals surface area contributed by atoms with Crippen LogP contribution in [0.4, 0.5) is 0 Å². The van der Waals surface area contributed by atoms with Crippen LogP contribution in [0.5, 0.6) is 0 Å². The normalized spacial score (nSPS) is 11.6. The molecule has 0 aromatic carbocycles. The molecular weight excluding hydrogens is 293 g/mol. The molecule has 0 rings (SSSR count). The van der Waals surface area contributed by atoms with Crippen molar-refractivity contribution in [2.45, 2.75) is 84.1 Å². The van der Waals surface area contributed by atoms with E-state index in [1.165, 1.54) is 56.8 Å². The van der Waals surface area contributed by atoms with Gasteiger partial charge in [0, 0.05) is 64.9 Å². The molecule has 0 unspecified atom stereocenters. The van der Waals surface area contributed by atoms with Gasteiger partial charge in [-0.1, -0.05) is 58.3 Å². The minimum Gasteiger partial charge on any atom is -0.480 e. The number of nitrogens with zero attached hydrogens (tertiary/aromatic N) is 1. The molecule has 0 aliphatic rings. The number of aliphatic carboxylic acids is 1. The Morgan fingerprint density at radius 3 is 1.81 bits per heavy atom. The molecule has 0 aliphatic carbocycles. The number of unbranched alkanes of at least 4 members (excludes halogenated alkanes) is 8. The molecule has 1 amide bonds. The summed E-state index contributed by atoms with van der Waals surface area (Å²) in [5.74, 6) is -1.02. The van der Waals surface area contributed by atoms with Gasteiger partial charge in [0.15, 0.2) is 0 Å². The van der Waals surface area contributed by atoms with Crippen LogP contribution in [0.1, 0.15) is 78.1 Å². The summed E-state index contributed by atoms with van der Waals surface area (Å²) in [4.78, 5) is 23.9. The van der Waals surface area contributed by atoms with Crippen molar-refractivity contribution in [2.24, 2.45) is 0 Å². The summed E-state index contributed by atoms with van der Waals surface area (Å²) in [6, 6.07) is -0.735. The fraction of sp³-hybridized carbons (Fsp3) is 0.875. The summed E-state index contributed by atoms with van der Waals surface area (Å²) >= 11 is 0. The van der Waals surface area contributed by atoms with E-state index in [0.29, 0.717) is 6.42 Å². The van der Waals surface area contributed by atoms with Gasteiger partial charge in [0.1, 0.15) is 6.04 Å². The van der Waals surface area contributed by atoms with Gasteiger partial charge in [-0.25, -0.2) is 4.79 Å². The number of hydrogen-bond acceptors (Lipinski definition) is 2. The summed E-state index contributed by atoms with van der Waals surface area (Å²) in [7, 11) is 1.56. The van der Waals surface area contributed by atoms with Gasteiger partial charge in [-0.2, -0.15) is 0 Å². The second kappa shape index (κ2) is 15.5. The molecule has 21 heavy (non-hydrogen) atoms. The fourth-order valence-electron chi connectivity index (χ4n) is 2.14. The van der Waals surface area contributed by atoms with Crippen molar-refractivity contribution >= 4 is 63.3 Å². The second-order valence-electron chi connectivity index (χ2n) is 5.60. The zero-order valence-corrected chi connectivity index (χ0v) is 17.5. The summed E-state index contributed by atoms with van der Waals surface area (Å²) in [6.07, 6.45) is 11.4. The van der Waals surface area contributed by atoms with Crippen molar-refractivity contribution in [1.82, 2.24) is 4.90 Å². The number of carboxylic acids is 1. The SMILES string of the molecule is CCCCCCCCCCCC(=O)N(C)[C@@H](C)C(=O)O.[K]. The fourth-order valence-corrected chi connectivity index (χ4v) is 2.14. The maximum atomic E-state index is 11.8. The average molecular weight is 325 g/mol. The number of hydrogen-bond donors (Lipinski definition) is 1. The van der Waals surface area contributed by atoms with Crippen molar-refractivity contribution in [2.75, 3.05) is 7.05 Å². The van der Waals surface area contributed by atoms with Gasteiger partial charge in [-0.3, -0.25) is 4.79 Å². The Hall–Kier alpha value is 0.576. The van der Waals surface area contributed by atoms with E-state index in [-0.39, 0.29) is 57.3 Å². The standard InChI is InChI=1S/C16H31NO3.K/c1-4-5-6-7-8-9-10-11-12-13-15(18)17(3)14(2)16(19)20;/h14H,4-13H2,1-3H3,(H,19,20);/t14-;/m0./s1. The molecule has 0 heterocycles. The smallest absolute Gasteiger partial charge is 0.326 e. The van der Waals surface area contributed by atoms with E-state index < -0.39 is 12.0 Å². The molecule has 0 aromatic rings. The number of likely N-dealkylation sites (N-methyl/N-ethyl adjacent to an activating group) is 1. The average Bonchev–Trinajstić information content (AvgIpc) is 2.43. The first-order valence-electron chi connectivity index (χ1n) is 7.99. The van der Waals surface area contributed by atoms with Crippen LogP contribution in [0.15, 0.2) is 0 Å². The Labute approximate surface area is 172 Å². The van der Waals surface area contributed by atoms with Crippen LogP contribution < -0.4 is 0 Å². The van der Waals surface area contributed by atoms with Gasteiger partial charge in [-0.15, -0.1) is 0 Å². The molecule has 1 atom stereocenters. The quantitative estimate of drug-likeness (QED) is 0.442. The van der Waals surface area contributed by atoms with Gasteiger partial charge in [0.05, 0.1) is 0 Å². The molecule has 0 fully saturated rings. The van der Waals surface area contributed by atoms with Gasteiger partial charge in [0.2, 0.25) is 5.91 Å². The zero-order valence-electron chi connectivity index (χ0n) is 14.4. The van der Waals surface area contributed by atoms with E-state index in [1.54, 1.807) is 7.05 Å². The summed E-state index contributed by atoms with van der Waals surface area (Å²) < 4.78 is 0. The van der Waals surface area contributed by atoms with Crippen molar-refractivity contribution < 1.29 is 14.7 Å². The molecule has 0 bridgehead atoms. The summed E-state index contributed by atoms with van der Waals surface area (Å²) in [5.41, 5.74) is 0. The van der Waals surface area contributed by atoms with Crippen LogP contribution in [0.25, 0.3) is 0 Å². The van der Waals surface area contributed by atoms with Crippen LogP contribution in [0.2, 0.25) is 0 Å². The minimum atomic E-state index is -0.951. The van der Waals surface area contributed by atoms with Crippen LogP contribution in [-0.4, -0.2) is 86.4 Å². The Balaban J connectivity index is 0. The van der Waals surface area contributed by atoms with Gasteiger partial charge >= 0.3 is 5.97 Å². The molecule has 0 aromatic heterocycles. The number of rotatable bonds is 12. The van der Waals surface area contributed by atoms with E-state index in [4.69, 9.17) is 5.11 Å². The number of carbonyl (C=O) groups excluding carboxylic acids is 1. The molecular formula is C16H31KNO3. The molecule has 4 nitrogen and oxygen atoms in total. The molecule has 0 saturated carbocycles. The van der Waals surface area contributed by atoms with Gasteiger partial charge in [-0.05, 0) is 13.3 Å². The second-order valence-corrected chi connectivity index (χ2v) is 5.60. The van der Waals surface area contributed by atoms with E-state index in [0.717, 1.165) is 12.8 Å². The number of amides is 1. The Kier molecular flexibility index (Phi) is 17.6. The summed E-state index contributed by atoms with van der Waals surface area (Å²) in [5, 5.41) is 8.84. The van der Waals surface area contributed by atoms with E-state index in [1.807, 2.05) is 0 Å². The van der Waals surface area contributed by atoms with Crippen LogP contribution in [-0.2, 0) is 9.59 Å². The Bertz CT molecular complexity index is 285. The third-order valence-corrected chi connectivity index (χ3v) is 3.83. The summed E-state index contributed by atoms with van der Waals surface area (Å²) in [6.45, 7) is 3.76. The van der Waals surface area contributed by atoms with Crippen LogP contribution in [0, 0.1) is 0 Å². The first-order valence-corrected chi connectivity index (χ1v) is 7.99. The maximum absolute atomic E-state index is 11.8. The maximum Gasteiger partial charge on any atom is 0.326 e. The monoisotopic (exact) mass is 324 g/mol. The molecule has 0 saturated heterocycles. The van der Waals surface area contributed by atoms with Gasteiger partial charge in [0.25, 0.3) is 0 Å². The Morgan fingerprint density at radius 1 is 0.952 bits per heavy atom. The van der Waals surface area contributed by atoms with Crippen LogP contribution in [0.3, 0.4) is 0 Å². The zero-order chi connectivity index (χ0) is 15.4. The molecule has 0 aliphatic heterocycles. The van der Waals surface area contributed by atoms with Gasteiger partial charge < -0.3 is 10.0 Å². The van der Waals surface area contributed by atoms with Crippen molar-refractivity contribution in [3.63, 3.8) is 0 Å². The predicted octanol–water partition coefficient (Wildman–Crippen LogP) is 3.46. The van der Waals surface area contributed by atoms with Crippen molar-refractivity contribution in [1.29, 1.82) is 0 Å². The van der Waals surface area contributed by atoms with Crippen molar-refractivity contribution in [3.05, 3.63) is 0 Å². The first-order chi connectivity index (χ1) is 9.50. The third kappa shape index (κ3) is 12.8. The largest absolute Gasteiger partial charge is 0.480 e.